The summed E-state index contributed by atoms with van der Waals surface area (Å²) in [4.78, 5) is 2.60. The Balaban J connectivity index is 1.50. The van der Waals surface area contributed by atoms with Gasteiger partial charge in [0.1, 0.15) is 5.75 Å². The molecule has 0 atom stereocenters. The molecule has 1 fully saturated rings. The van der Waals surface area contributed by atoms with Crippen molar-refractivity contribution in [2.75, 3.05) is 26.2 Å². The Morgan fingerprint density at radius 1 is 0.759 bits per heavy atom. The summed E-state index contributed by atoms with van der Waals surface area (Å²) in [5.41, 5.74) is 7.16. The summed E-state index contributed by atoms with van der Waals surface area (Å²) >= 11 is 0. The standard InChI is InChI=1S/C27H39NO/c1-4-22-20-25(21-23(5-2)27(22)6-3)24-12-14-26(15-13-24)29-19-11-7-8-16-28-17-9-10-18-28/h12-15,20-21H,4-11,16-19H2,1-3H3. The highest BCUT2D eigenvalue weighted by Crippen LogP contribution is 2.28. The van der Waals surface area contributed by atoms with E-state index in [1.807, 2.05) is 0 Å². The summed E-state index contributed by atoms with van der Waals surface area (Å²) in [5, 5.41) is 0. The summed E-state index contributed by atoms with van der Waals surface area (Å²) in [6.07, 6.45) is 9.81. The summed E-state index contributed by atoms with van der Waals surface area (Å²) in [7, 11) is 0. The largest absolute Gasteiger partial charge is 0.494 e. The van der Waals surface area contributed by atoms with Crippen LogP contribution in [0.15, 0.2) is 36.4 Å². The van der Waals surface area contributed by atoms with E-state index in [0.29, 0.717) is 0 Å². The van der Waals surface area contributed by atoms with Crippen LogP contribution in [0.5, 0.6) is 5.75 Å². The molecule has 0 radical (unpaired) electrons. The van der Waals surface area contributed by atoms with Gasteiger partial charge in [0, 0.05) is 0 Å². The fraction of sp³-hybridized carbons (Fsp3) is 0.556. The minimum absolute atomic E-state index is 0.824. The Morgan fingerprint density at radius 3 is 2.00 bits per heavy atom. The number of nitrogens with zero attached hydrogens (tertiary/aromatic N) is 1. The average molecular weight is 394 g/mol. The van der Waals surface area contributed by atoms with Gasteiger partial charge in [0.2, 0.25) is 0 Å². The molecule has 2 heteroatoms. The zero-order valence-corrected chi connectivity index (χ0v) is 18.8. The van der Waals surface area contributed by atoms with E-state index >= 15 is 0 Å². The fourth-order valence-electron chi connectivity index (χ4n) is 4.60. The topological polar surface area (TPSA) is 12.5 Å². The Hall–Kier alpha value is -1.80. The number of unbranched alkanes of at least 4 members (excludes halogenated alkanes) is 2. The molecule has 0 amide bonds. The van der Waals surface area contributed by atoms with Crippen LogP contribution in [0.2, 0.25) is 0 Å². The molecule has 0 aromatic heterocycles. The normalized spacial score (nSPS) is 14.4. The van der Waals surface area contributed by atoms with Gasteiger partial charge >= 0.3 is 0 Å². The van der Waals surface area contributed by atoms with Gasteiger partial charge in [0.25, 0.3) is 0 Å². The van der Waals surface area contributed by atoms with Gasteiger partial charge in [-0.2, -0.15) is 0 Å². The Morgan fingerprint density at radius 2 is 1.41 bits per heavy atom. The molecular formula is C27H39NO. The van der Waals surface area contributed by atoms with Crippen LogP contribution in [-0.2, 0) is 19.3 Å². The maximum Gasteiger partial charge on any atom is 0.119 e. The summed E-state index contributed by atoms with van der Waals surface area (Å²) in [6.45, 7) is 11.5. The molecule has 0 aliphatic carbocycles. The van der Waals surface area contributed by atoms with Gasteiger partial charge in [-0.3, -0.25) is 0 Å². The van der Waals surface area contributed by atoms with Crippen LogP contribution >= 0.6 is 0 Å². The molecule has 0 bridgehead atoms. The highest BCUT2D eigenvalue weighted by molar-refractivity contribution is 5.67. The second kappa shape index (κ2) is 11.4. The van der Waals surface area contributed by atoms with Crippen molar-refractivity contribution >= 4 is 0 Å². The smallest absolute Gasteiger partial charge is 0.119 e. The van der Waals surface area contributed by atoms with Crippen molar-refractivity contribution in [3.8, 4) is 16.9 Å². The van der Waals surface area contributed by atoms with E-state index in [9.17, 15) is 0 Å². The summed E-state index contributed by atoms with van der Waals surface area (Å²) in [5.74, 6) is 0.991. The second-order valence-corrected chi connectivity index (χ2v) is 8.32. The number of hydrogen-bond donors (Lipinski definition) is 0. The van der Waals surface area contributed by atoms with Crippen LogP contribution in [0.3, 0.4) is 0 Å². The minimum Gasteiger partial charge on any atom is -0.494 e. The first-order chi connectivity index (χ1) is 14.2. The van der Waals surface area contributed by atoms with Crippen LogP contribution in [-0.4, -0.2) is 31.1 Å². The van der Waals surface area contributed by atoms with E-state index in [2.05, 4.69) is 62.1 Å². The molecule has 0 unspecified atom stereocenters. The Bertz CT molecular complexity index is 719. The van der Waals surface area contributed by atoms with Crippen molar-refractivity contribution in [2.45, 2.75) is 72.1 Å². The highest BCUT2D eigenvalue weighted by atomic mass is 16.5. The van der Waals surface area contributed by atoms with Gasteiger partial charge in [-0.05, 0) is 111 Å². The molecule has 0 spiro atoms. The van der Waals surface area contributed by atoms with Gasteiger partial charge in [0.15, 0.2) is 0 Å². The van der Waals surface area contributed by atoms with E-state index in [1.165, 1.54) is 67.6 Å². The third-order valence-electron chi connectivity index (χ3n) is 6.32. The SMILES string of the molecule is CCc1cc(-c2ccc(OCCCCCN3CCCC3)cc2)cc(CC)c1CC. The van der Waals surface area contributed by atoms with Crippen molar-refractivity contribution in [1.82, 2.24) is 4.90 Å². The van der Waals surface area contributed by atoms with Gasteiger partial charge in [-0.15, -0.1) is 0 Å². The Kier molecular flexibility index (Phi) is 8.61. The van der Waals surface area contributed by atoms with E-state index in [1.54, 1.807) is 5.56 Å². The third-order valence-corrected chi connectivity index (χ3v) is 6.32. The molecule has 29 heavy (non-hydrogen) atoms. The number of ether oxygens (including phenoxy) is 1. The zero-order valence-electron chi connectivity index (χ0n) is 18.8. The van der Waals surface area contributed by atoms with Gasteiger partial charge in [-0.1, -0.05) is 45.0 Å². The molecule has 2 aromatic rings. The van der Waals surface area contributed by atoms with Crippen molar-refractivity contribution in [3.05, 3.63) is 53.1 Å². The number of rotatable bonds is 11. The molecule has 3 rings (SSSR count). The molecule has 0 saturated carbocycles. The molecule has 1 heterocycles. The average Bonchev–Trinajstić information content (AvgIpc) is 3.29. The third kappa shape index (κ3) is 6.09. The first kappa shape index (κ1) is 21.9. The maximum absolute atomic E-state index is 5.98. The molecule has 2 aromatic carbocycles. The first-order valence-electron chi connectivity index (χ1n) is 11.8. The monoisotopic (exact) mass is 393 g/mol. The Labute approximate surface area is 178 Å². The van der Waals surface area contributed by atoms with Crippen LogP contribution < -0.4 is 4.74 Å². The van der Waals surface area contributed by atoms with Gasteiger partial charge in [-0.25, -0.2) is 0 Å². The van der Waals surface area contributed by atoms with E-state index in [-0.39, 0.29) is 0 Å². The molecule has 158 valence electrons. The highest BCUT2D eigenvalue weighted by Gasteiger charge is 2.10. The molecule has 1 aliphatic rings. The molecule has 1 saturated heterocycles. The lowest BCUT2D eigenvalue weighted by atomic mass is 9.91. The zero-order chi connectivity index (χ0) is 20.5. The number of likely N-dealkylation sites (tertiary alicyclic amines) is 1. The van der Waals surface area contributed by atoms with Crippen molar-refractivity contribution in [3.63, 3.8) is 0 Å². The van der Waals surface area contributed by atoms with Crippen molar-refractivity contribution in [2.24, 2.45) is 0 Å². The molecule has 1 aliphatic heterocycles. The minimum atomic E-state index is 0.824. The molecular weight excluding hydrogens is 354 g/mol. The maximum atomic E-state index is 5.98. The van der Waals surface area contributed by atoms with E-state index in [4.69, 9.17) is 4.74 Å². The number of hydrogen-bond acceptors (Lipinski definition) is 2. The molecule has 2 nitrogen and oxygen atoms in total. The van der Waals surface area contributed by atoms with Gasteiger partial charge in [0.05, 0.1) is 6.61 Å². The summed E-state index contributed by atoms with van der Waals surface area (Å²) in [6, 6.07) is 13.4. The lowest BCUT2D eigenvalue weighted by Crippen LogP contribution is -2.20. The van der Waals surface area contributed by atoms with E-state index in [0.717, 1.165) is 38.0 Å². The molecule has 0 N–H and O–H groups in total. The predicted molar refractivity (Wildman–Crippen MR) is 125 cm³/mol. The van der Waals surface area contributed by atoms with Crippen LogP contribution in [0.4, 0.5) is 0 Å². The predicted octanol–water partition coefficient (Wildman–Crippen LogP) is 6.69. The number of aryl methyl sites for hydroxylation is 2. The number of benzene rings is 2. The quantitative estimate of drug-likeness (QED) is 0.395. The fourth-order valence-corrected chi connectivity index (χ4v) is 4.60. The lowest BCUT2D eigenvalue weighted by Gasteiger charge is -2.15. The van der Waals surface area contributed by atoms with Crippen LogP contribution in [0.1, 0.15) is 69.6 Å². The van der Waals surface area contributed by atoms with Crippen LogP contribution in [0, 0.1) is 0 Å². The first-order valence-corrected chi connectivity index (χ1v) is 11.8. The lowest BCUT2D eigenvalue weighted by molar-refractivity contribution is 0.290. The second-order valence-electron chi connectivity index (χ2n) is 8.32. The van der Waals surface area contributed by atoms with Crippen molar-refractivity contribution in [1.29, 1.82) is 0 Å². The van der Waals surface area contributed by atoms with Gasteiger partial charge < -0.3 is 9.64 Å². The van der Waals surface area contributed by atoms with E-state index < -0.39 is 0 Å². The summed E-state index contributed by atoms with van der Waals surface area (Å²) < 4.78 is 5.98. The van der Waals surface area contributed by atoms with Crippen LogP contribution in [0.25, 0.3) is 11.1 Å². The van der Waals surface area contributed by atoms with Crippen molar-refractivity contribution < 1.29 is 4.74 Å².